The van der Waals surface area contributed by atoms with E-state index in [1.54, 1.807) is 0 Å². The number of alkyl halides is 2. The van der Waals surface area contributed by atoms with Gasteiger partial charge in [0.15, 0.2) is 0 Å². The summed E-state index contributed by atoms with van der Waals surface area (Å²) in [6.07, 6.45) is 2.12. The molecular weight excluding hydrogens is 533 g/mol. The van der Waals surface area contributed by atoms with E-state index in [9.17, 15) is 9.59 Å². The average molecular weight is 571 g/mol. The molecule has 0 spiro atoms. The highest BCUT2D eigenvalue weighted by molar-refractivity contribution is 6.18. The van der Waals surface area contributed by atoms with Gasteiger partial charge in [0.25, 0.3) is 0 Å². The highest BCUT2D eigenvalue weighted by Crippen LogP contribution is 2.39. The summed E-state index contributed by atoms with van der Waals surface area (Å²) in [6, 6.07) is 23.4. The molecule has 3 aromatic carbocycles. The maximum absolute atomic E-state index is 12.6. The first-order chi connectivity index (χ1) is 18.9. The number of rotatable bonds is 14. The minimum atomic E-state index is -0.326. The normalized spacial score (nSPS) is 12.4. The molecule has 0 saturated heterocycles. The van der Waals surface area contributed by atoms with Crippen LogP contribution in [0, 0.1) is 0 Å². The Morgan fingerprint density at radius 2 is 1.18 bits per heavy atom. The maximum atomic E-state index is 12.6. The second kappa shape index (κ2) is 15.5. The van der Waals surface area contributed by atoms with Crippen molar-refractivity contribution in [2.24, 2.45) is 0 Å². The molecule has 3 rings (SSSR count). The number of ether oxygens (including phenoxy) is 2. The molecule has 0 fully saturated rings. The second-order valence-electron chi connectivity index (χ2n) is 9.44. The molecule has 0 aromatic heterocycles. The number of carbonyl (C=O) groups excluding carboxylic acids is 2. The van der Waals surface area contributed by atoms with E-state index in [2.05, 4.69) is 18.7 Å². The Morgan fingerprint density at radius 3 is 1.59 bits per heavy atom. The number of anilines is 1. The number of halogens is 2. The summed E-state index contributed by atoms with van der Waals surface area (Å²) in [7, 11) is 0. The van der Waals surface area contributed by atoms with E-state index in [0.717, 1.165) is 24.1 Å². The summed E-state index contributed by atoms with van der Waals surface area (Å²) in [4.78, 5) is 26.0. The molecule has 0 aliphatic heterocycles. The molecule has 2 atom stereocenters. The first-order valence-electron chi connectivity index (χ1n) is 13.4. The van der Waals surface area contributed by atoms with Crippen molar-refractivity contribution in [1.29, 1.82) is 0 Å². The lowest BCUT2D eigenvalue weighted by atomic mass is 9.78. The van der Waals surface area contributed by atoms with Crippen LogP contribution in [-0.4, -0.2) is 36.8 Å². The number of benzene rings is 3. The van der Waals surface area contributed by atoms with Gasteiger partial charge in [-0.25, -0.2) is 0 Å². The van der Waals surface area contributed by atoms with E-state index in [-0.39, 0.29) is 18.4 Å². The van der Waals surface area contributed by atoms with Gasteiger partial charge in [0, 0.05) is 37.5 Å². The van der Waals surface area contributed by atoms with Gasteiger partial charge in [-0.2, -0.15) is 0 Å². The van der Waals surface area contributed by atoms with Crippen LogP contribution in [0.3, 0.4) is 0 Å². The topological polar surface area (TPSA) is 55.8 Å². The molecule has 0 aliphatic rings. The van der Waals surface area contributed by atoms with Crippen LogP contribution < -0.4 is 14.4 Å². The molecule has 39 heavy (non-hydrogen) atoms. The van der Waals surface area contributed by atoms with Crippen LogP contribution in [0.2, 0.25) is 0 Å². The van der Waals surface area contributed by atoms with Crippen LogP contribution in [0.15, 0.2) is 72.8 Å². The van der Waals surface area contributed by atoms with Gasteiger partial charge in [0.05, 0.1) is 6.42 Å². The number of hydrogen-bond acceptors (Lipinski definition) is 5. The Balaban J connectivity index is 1.62. The zero-order chi connectivity index (χ0) is 28.2. The molecular formula is C32H37Cl2NO4. The number of nitrogens with zero attached hydrogens (tertiary/aromatic N) is 1. The van der Waals surface area contributed by atoms with Gasteiger partial charge in [0.1, 0.15) is 11.5 Å². The molecule has 0 aliphatic carbocycles. The highest BCUT2D eigenvalue weighted by Gasteiger charge is 2.22. The van der Waals surface area contributed by atoms with Gasteiger partial charge in [-0.1, -0.05) is 50.2 Å². The summed E-state index contributed by atoms with van der Waals surface area (Å²) < 4.78 is 10.8. The largest absolute Gasteiger partial charge is 0.427 e. The predicted molar refractivity (Wildman–Crippen MR) is 160 cm³/mol. The Hall–Kier alpha value is -3.02. The highest BCUT2D eigenvalue weighted by atomic mass is 35.5. The van der Waals surface area contributed by atoms with E-state index in [4.69, 9.17) is 32.7 Å². The Labute approximate surface area is 242 Å². The summed E-state index contributed by atoms with van der Waals surface area (Å²) >= 11 is 11.8. The quantitative estimate of drug-likeness (QED) is 0.113. The van der Waals surface area contributed by atoms with Crippen LogP contribution in [0.1, 0.15) is 62.1 Å². The van der Waals surface area contributed by atoms with E-state index in [0.29, 0.717) is 48.2 Å². The molecule has 0 N–H and O–H groups in total. The molecule has 0 amide bonds. The SMILES string of the molecule is CC[C@H](c1ccc(OC(C)=O)cc1)[C@H](CC)c1ccc(OC(=O)Cc2ccc(N(CCCl)CCCl)cc2)cc1. The number of hydrogen-bond donors (Lipinski definition) is 0. The Morgan fingerprint density at radius 1 is 0.718 bits per heavy atom. The lowest BCUT2D eigenvalue weighted by Gasteiger charge is -2.26. The molecule has 0 saturated carbocycles. The number of carbonyl (C=O) groups is 2. The van der Waals surface area contributed by atoms with Gasteiger partial charge in [0.2, 0.25) is 0 Å². The van der Waals surface area contributed by atoms with E-state index in [1.807, 2.05) is 72.8 Å². The van der Waals surface area contributed by atoms with Crippen molar-refractivity contribution in [3.8, 4) is 11.5 Å². The van der Waals surface area contributed by atoms with E-state index >= 15 is 0 Å². The minimum absolute atomic E-state index is 0.186. The van der Waals surface area contributed by atoms with Crippen molar-refractivity contribution in [3.63, 3.8) is 0 Å². The zero-order valence-electron chi connectivity index (χ0n) is 22.9. The average Bonchev–Trinajstić information content (AvgIpc) is 2.93. The first-order valence-corrected chi connectivity index (χ1v) is 14.5. The second-order valence-corrected chi connectivity index (χ2v) is 10.2. The molecule has 7 heteroatoms. The summed E-state index contributed by atoms with van der Waals surface area (Å²) in [5.74, 6) is 2.10. The third kappa shape index (κ3) is 9.01. The molecule has 5 nitrogen and oxygen atoms in total. The molecule has 0 unspecified atom stereocenters. The third-order valence-electron chi connectivity index (χ3n) is 6.83. The standard InChI is InChI=1S/C32H37Cl2NO4/c1-4-30(25-8-14-28(15-9-25)38-23(3)36)31(5-2)26-10-16-29(17-11-26)39-32(37)22-24-6-12-27(13-7-24)35(20-18-33)21-19-34/h6-17,30-31H,4-5,18-22H2,1-3H3/t30-,31-/m1/s1. The monoisotopic (exact) mass is 569 g/mol. The summed E-state index contributed by atoms with van der Waals surface area (Å²) in [5, 5.41) is 0. The Bertz CT molecular complexity index is 1170. The fourth-order valence-corrected chi connectivity index (χ4v) is 5.38. The molecule has 0 bridgehead atoms. The van der Waals surface area contributed by atoms with Gasteiger partial charge in [-0.3, -0.25) is 9.59 Å². The molecule has 208 valence electrons. The fraction of sp³-hybridized carbons (Fsp3) is 0.375. The third-order valence-corrected chi connectivity index (χ3v) is 7.17. The molecule has 3 aromatic rings. The van der Waals surface area contributed by atoms with Gasteiger partial charge >= 0.3 is 11.9 Å². The van der Waals surface area contributed by atoms with E-state index < -0.39 is 0 Å². The molecule has 0 heterocycles. The number of esters is 2. The van der Waals surface area contributed by atoms with Crippen LogP contribution >= 0.6 is 23.2 Å². The fourth-order valence-electron chi connectivity index (χ4n) is 4.97. The van der Waals surface area contributed by atoms with Crippen LogP contribution in [0.5, 0.6) is 11.5 Å². The molecule has 0 radical (unpaired) electrons. The minimum Gasteiger partial charge on any atom is -0.427 e. The lowest BCUT2D eigenvalue weighted by molar-refractivity contribution is -0.134. The van der Waals surface area contributed by atoms with Gasteiger partial charge in [-0.15, -0.1) is 23.2 Å². The van der Waals surface area contributed by atoms with Gasteiger partial charge < -0.3 is 14.4 Å². The van der Waals surface area contributed by atoms with Gasteiger partial charge in [-0.05, 0) is 77.8 Å². The first kappa shape index (κ1) is 30.5. The maximum Gasteiger partial charge on any atom is 0.315 e. The van der Waals surface area contributed by atoms with E-state index in [1.165, 1.54) is 18.1 Å². The van der Waals surface area contributed by atoms with Crippen LogP contribution in [-0.2, 0) is 16.0 Å². The van der Waals surface area contributed by atoms with Crippen molar-refractivity contribution < 1.29 is 19.1 Å². The predicted octanol–water partition coefficient (Wildman–Crippen LogP) is 7.73. The van der Waals surface area contributed by atoms with Crippen LogP contribution in [0.25, 0.3) is 0 Å². The smallest absolute Gasteiger partial charge is 0.315 e. The van der Waals surface area contributed by atoms with Crippen molar-refractivity contribution in [3.05, 3.63) is 89.5 Å². The Kier molecular flexibility index (Phi) is 12.2. The van der Waals surface area contributed by atoms with Crippen LogP contribution in [0.4, 0.5) is 5.69 Å². The van der Waals surface area contributed by atoms with Crippen molar-refractivity contribution in [2.75, 3.05) is 29.7 Å². The lowest BCUT2D eigenvalue weighted by Crippen LogP contribution is -2.27. The van der Waals surface area contributed by atoms with Crippen molar-refractivity contribution in [2.45, 2.75) is 51.9 Å². The summed E-state index contributed by atoms with van der Waals surface area (Å²) in [6.45, 7) is 7.20. The van der Waals surface area contributed by atoms with Crippen molar-refractivity contribution in [1.82, 2.24) is 0 Å². The zero-order valence-corrected chi connectivity index (χ0v) is 24.4. The van der Waals surface area contributed by atoms with Crippen molar-refractivity contribution >= 4 is 40.8 Å². The summed E-state index contributed by atoms with van der Waals surface area (Å²) in [5.41, 5.74) is 4.31.